The summed E-state index contributed by atoms with van der Waals surface area (Å²) in [6, 6.07) is 2.03. The maximum atomic E-state index is 5.74. The summed E-state index contributed by atoms with van der Waals surface area (Å²) >= 11 is 6.80. The van der Waals surface area contributed by atoms with Crippen LogP contribution in [0.2, 0.25) is 0 Å². The number of aromatic nitrogens is 1. The van der Waals surface area contributed by atoms with E-state index in [0.29, 0.717) is 0 Å². The molecule has 1 aromatic rings. The van der Waals surface area contributed by atoms with Crippen molar-refractivity contribution < 1.29 is 0 Å². The molecule has 1 rings (SSSR count). The third-order valence-electron chi connectivity index (χ3n) is 1.92. The number of nitrogens with two attached hydrogens (primary N) is 1. The topological polar surface area (TPSA) is 38.9 Å². The fourth-order valence-corrected chi connectivity index (χ4v) is 1.98. The lowest BCUT2D eigenvalue weighted by molar-refractivity contribution is 0.867. The van der Waals surface area contributed by atoms with E-state index >= 15 is 0 Å². The zero-order valence-corrected chi connectivity index (χ0v) is 11.3. The Balaban J connectivity index is 3.03. The van der Waals surface area contributed by atoms with Crippen LogP contribution in [0.3, 0.4) is 0 Å². The quantitative estimate of drug-likeness (QED) is 0.907. The van der Waals surface area contributed by atoms with Crippen LogP contribution in [0.15, 0.2) is 26.8 Å². The Hall–Kier alpha value is -0.190. The summed E-state index contributed by atoms with van der Waals surface area (Å²) in [5, 5.41) is 0. The van der Waals surface area contributed by atoms with Crippen LogP contribution >= 0.6 is 31.9 Å². The lowest BCUT2D eigenvalue weighted by Gasteiger charge is -2.05. The van der Waals surface area contributed by atoms with E-state index < -0.39 is 0 Å². The van der Waals surface area contributed by atoms with Crippen LogP contribution in [0.5, 0.6) is 0 Å². The van der Waals surface area contributed by atoms with E-state index in [1.54, 1.807) is 6.20 Å². The monoisotopic (exact) mass is 318 g/mol. The molecular weight excluding hydrogens is 308 g/mol. The van der Waals surface area contributed by atoms with Crippen molar-refractivity contribution in [2.24, 2.45) is 5.73 Å². The molecule has 0 aliphatic rings. The minimum atomic E-state index is 0.0624. The first-order chi connectivity index (χ1) is 6.50. The van der Waals surface area contributed by atoms with Crippen molar-refractivity contribution in [1.82, 2.24) is 4.98 Å². The first-order valence-electron chi connectivity index (χ1n) is 4.25. The fraction of sp³-hybridized carbons (Fsp3) is 0.300. The van der Waals surface area contributed by atoms with Gasteiger partial charge >= 0.3 is 0 Å². The Morgan fingerprint density at radius 2 is 2.21 bits per heavy atom. The van der Waals surface area contributed by atoms with Gasteiger partial charge < -0.3 is 5.73 Å². The molecule has 0 fully saturated rings. The average molecular weight is 320 g/mol. The summed E-state index contributed by atoms with van der Waals surface area (Å²) in [7, 11) is 0. The molecule has 0 saturated carbocycles. The third-order valence-corrected chi connectivity index (χ3v) is 2.99. The second-order valence-corrected chi connectivity index (χ2v) is 4.97. The molecule has 0 aliphatic carbocycles. The molecule has 76 valence electrons. The molecular formula is C10H12Br2N2. The summed E-state index contributed by atoms with van der Waals surface area (Å²) < 4.78 is 1.92. The highest BCUT2D eigenvalue weighted by Gasteiger charge is 2.02. The van der Waals surface area contributed by atoms with Gasteiger partial charge in [-0.25, -0.2) is 0 Å². The molecule has 1 atom stereocenters. The highest BCUT2D eigenvalue weighted by atomic mass is 79.9. The Labute approximate surface area is 101 Å². The summed E-state index contributed by atoms with van der Waals surface area (Å²) in [5.74, 6) is 0. The molecule has 0 aliphatic heterocycles. The maximum absolute atomic E-state index is 5.74. The van der Waals surface area contributed by atoms with Crippen molar-refractivity contribution >= 4 is 37.9 Å². The van der Waals surface area contributed by atoms with Gasteiger partial charge in [0.25, 0.3) is 0 Å². The minimum Gasteiger partial charge on any atom is -0.324 e. The molecule has 1 aromatic heterocycles. The normalized spacial score (nSPS) is 14.2. The molecule has 0 radical (unpaired) electrons. The largest absolute Gasteiger partial charge is 0.324 e. The van der Waals surface area contributed by atoms with E-state index in [-0.39, 0.29) is 6.04 Å². The highest BCUT2D eigenvalue weighted by molar-refractivity contribution is 9.11. The van der Waals surface area contributed by atoms with E-state index in [1.165, 1.54) is 0 Å². The fourth-order valence-electron chi connectivity index (χ4n) is 0.878. The summed E-state index contributed by atoms with van der Waals surface area (Å²) in [6.45, 7) is 3.96. The van der Waals surface area contributed by atoms with Gasteiger partial charge in [0.1, 0.15) is 0 Å². The van der Waals surface area contributed by atoms with Crippen LogP contribution in [-0.4, -0.2) is 11.0 Å². The average Bonchev–Trinajstić information content (AvgIpc) is 2.09. The van der Waals surface area contributed by atoms with Crippen LogP contribution in [0.4, 0.5) is 0 Å². The smallest absolute Gasteiger partial charge is 0.0772 e. The lowest BCUT2D eigenvalue weighted by Crippen LogP contribution is -2.15. The summed E-state index contributed by atoms with van der Waals surface area (Å²) in [4.78, 5) is 4.27. The molecule has 0 amide bonds. The number of halogens is 2. The van der Waals surface area contributed by atoms with Gasteiger partial charge in [0.2, 0.25) is 0 Å². The predicted octanol–water partition coefficient (Wildman–Crippen LogP) is 3.36. The van der Waals surface area contributed by atoms with Crippen LogP contribution < -0.4 is 5.73 Å². The van der Waals surface area contributed by atoms with E-state index in [2.05, 4.69) is 36.8 Å². The molecule has 0 spiro atoms. The molecule has 1 heterocycles. The van der Waals surface area contributed by atoms with E-state index in [9.17, 15) is 0 Å². The van der Waals surface area contributed by atoms with Gasteiger partial charge in [-0.05, 0) is 57.8 Å². The van der Waals surface area contributed by atoms with E-state index in [4.69, 9.17) is 5.73 Å². The number of hydrogen-bond donors (Lipinski definition) is 1. The van der Waals surface area contributed by atoms with Crippen molar-refractivity contribution in [3.63, 3.8) is 0 Å². The molecule has 2 nitrogen and oxygen atoms in total. The van der Waals surface area contributed by atoms with Crippen LogP contribution in [0.25, 0.3) is 6.08 Å². The van der Waals surface area contributed by atoms with Crippen molar-refractivity contribution in [3.8, 4) is 0 Å². The zero-order chi connectivity index (χ0) is 10.7. The highest BCUT2D eigenvalue weighted by Crippen LogP contribution is 2.21. The van der Waals surface area contributed by atoms with E-state index in [1.807, 2.05) is 26.0 Å². The molecule has 0 aromatic carbocycles. The number of hydrogen-bond acceptors (Lipinski definition) is 2. The molecule has 4 heteroatoms. The van der Waals surface area contributed by atoms with Crippen molar-refractivity contribution in [3.05, 3.63) is 32.5 Å². The second-order valence-electron chi connectivity index (χ2n) is 3.20. The summed E-state index contributed by atoms with van der Waals surface area (Å²) in [6.07, 6.45) is 3.76. The van der Waals surface area contributed by atoms with Gasteiger partial charge in [0.15, 0.2) is 0 Å². The first-order valence-corrected chi connectivity index (χ1v) is 5.84. The number of rotatable bonds is 2. The number of pyridine rings is 1. The van der Waals surface area contributed by atoms with Crippen LogP contribution in [0.1, 0.15) is 19.5 Å². The molecule has 2 N–H and O–H groups in total. The first kappa shape index (κ1) is 11.9. The number of nitrogens with zero attached hydrogens (tertiary/aromatic N) is 1. The molecule has 0 saturated heterocycles. The summed E-state index contributed by atoms with van der Waals surface area (Å²) in [5.41, 5.74) is 7.76. The Morgan fingerprint density at radius 3 is 2.71 bits per heavy atom. The molecule has 0 bridgehead atoms. The van der Waals surface area contributed by atoms with E-state index in [0.717, 1.165) is 20.2 Å². The van der Waals surface area contributed by atoms with Gasteiger partial charge in [0, 0.05) is 21.2 Å². The maximum Gasteiger partial charge on any atom is 0.0772 e. The van der Waals surface area contributed by atoms with Crippen molar-refractivity contribution in [2.75, 3.05) is 0 Å². The van der Waals surface area contributed by atoms with Gasteiger partial charge in [-0.2, -0.15) is 0 Å². The van der Waals surface area contributed by atoms with Gasteiger partial charge in [-0.3, -0.25) is 4.98 Å². The predicted molar refractivity (Wildman–Crippen MR) is 66.9 cm³/mol. The van der Waals surface area contributed by atoms with Gasteiger partial charge in [0.05, 0.1) is 5.69 Å². The SMILES string of the molecule is CC(=Cc1ncc(Br)cc1Br)C(C)N. The Morgan fingerprint density at radius 1 is 1.57 bits per heavy atom. The Bertz CT molecular complexity index is 359. The second kappa shape index (κ2) is 5.05. The molecule has 1 unspecified atom stereocenters. The van der Waals surface area contributed by atoms with Crippen LogP contribution in [-0.2, 0) is 0 Å². The van der Waals surface area contributed by atoms with Gasteiger partial charge in [-0.15, -0.1) is 0 Å². The molecule has 14 heavy (non-hydrogen) atoms. The van der Waals surface area contributed by atoms with Gasteiger partial charge in [-0.1, -0.05) is 5.57 Å². The zero-order valence-electron chi connectivity index (χ0n) is 8.09. The third kappa shape index (κ3) is 3.19. The minimum absolute atomic E-state index is 0.0624. The van der Waals surface area contributed by atoms with Crippen molar-refractivity contribution in [1.29, 1.82) is 0 Å². The van der Waals surface area contributed by atoms with Crippen molar-refractivity contribution in [2.45, 2.75) is 19.9 Å². The Kier molecular flexibility index (Phi) is 4.29. The standard InChI is InChI=1S/C10H12Br2N2/c1-6(7(2)13)3-10-9(12)4-8(11)5-14-10/h3-5,7H,13H2,1-2H3. The van der Waals surface area contributed by atoms with Crippen LogP contribution in [0, 0.1) is 0 Å². The lowest BCUT2D eigenvalue weighted by atomic mass is 10.1.